The summed E-state index contributed by atoms with van der Waals surface area (Å²) < 4.78 is 0. The lowest BCUT2D eigenvalue weighted by atomic mass is 9.96. The zero-order valence-electron chi connectivity index (χ0n) is 12.2. The number of nitrogens with one attached hydrogen (secondary N) is 1. The maximum absolute atomic E-state index is 10.8. The SMILES string of the molecule is CCC(NCC(C)C(C)C)c1cccc([N+](=O)[O-])c1. The Kier molecular flexibility index (Phi) is 5.96. The minimum Gasteiger partial charge on any atom is -0.310 e. The number of nitro benzene ring substituents is 1. The van der Waals surface area contributed by atoms with Crippen LogP contribution in [0.3, 0.4) is 0 Å². The van der Waals surface area contributed by atoms with Gasteiger partial charge in [-0.15, -0.1) is 0 Å². The molecule has 0 amide bonds. The predicted octanol–water partition coefficient (Wildman–Crippen LogP) is 3.93. The summed E-state index contributed by atoms with van der Waals surface area (Å²) in [5.41, 5.74) is 1.15. The molecule has 0 radical (unpaired) electrons. The van der Waals surface area contributed by atoms with Gasteiger partial charge in [-0.05, 0) is 30.4 Å². The van der Waals surface area contributed by atoms with Crippen LogP contribution >= 0.6 is 0 Å². The van der Waals surface area contributed by atoms with Gasteiger partial charge >= 0.3 is 0 Å². The van der Waals surface area contributed by atoms with E-state index in [1.54, 1.807) is 12.1 Å². The van der Waals surface area contributed by atoms with E-state index in [4.69, 9.17) is 0 Å². The number of rotatable bonds is 7. The third-order valence-electron chi connectivity index (χ3n) is 3.72. The Hall–Kier alpha value is -1.42. The van der Waals surface area contributed by atoms with Crippen LogP contribution in [0.25, 0.3) is 0 Å². The predicted molar refractivity (Wildman–Crippen MR) is 78.1 cm³/mol. The molecule has 0 bridgehead atoms. The van der Waals surface area contributed by atoms with Gasteiger partial charge in [0, 0.05) is 18.2 Å². The van der Waals surface area contributed by atoms with Gasteiger partial charge in [-0.2, -0.15) is 0 Å². The average molecular weight is 264 g/mol. The first-order chi connectivity index (χ1) is 8.95. The fraction of sp³-hybridized carbons (Fsp3) is 0.600. The topological polar surface area (TPSA) is 55.2 Å². The molecule has 0 aliphatic rings. The molecule has 106 valence electrons. The molecule has 1 aromatic carbocycles. The van der Waals surface area contributed by atoms with Gasteiger partial charge in [0.2, 0.25) is 0 Å². The molecule has 2 atom stereocenters. The minimum atomic E-state index is -0.340. The van der Waals surface area contributed by atoms with Crippen LogP contribution in [0.4, 0.5) is 5.69 Å². The van der Waals surface area contributed by atoms with Crippen LogP contribution in [-0.2, 0) is 0 Å². The highest BCUT2D eigenvalue weighted by Gasteiger charge is 2.15. The molecule has 0 aliphatic heterocycles. The molecule has 4 nitrogen and oxygen atoms in total. The zero-order valence-corrected chi connectivity index (χ0v) is 12.2. The summed E-state index contributed by atoms with van der Waals surface area (Å²) in [6.45, 7) is 9.66. The van der Waals surface area contributed by atoms with Gasteiger partial charge in [0.1, 0.15) is 0 Å². The molecule has 0 aromatic heterocycles. The van der Waals surface area contributed by atoms with Crippen LogP contribution in [-0.4, -0.2) is 11.5 Å². The number of nitro groups is 1. The largest absolute Gasteiger partial charge is 0.310 e. The van der Waals surface area contributed by atoms with Gasteiger partial charge in [0.25, 0.3) is 5.69 Å². The van der Waals surface area contributed by atoms with E-state index >= 15 is 0 Å². The summed E-state index contributed by atoms with van der Waals surface area (Å²) in [6, 6.07) is 7.09. The highest BCUT2D eigenvalue weighted by atomic mass is 16.6. The van der Waals surface area contributed by atoms with Crippen molar-refractivity contribution in [2.45, 2.75) is 40.2 Å². The first-order valence-electron chi connectivity index (χ1n) is 6.93. The third kappa shape index (κ3) is 4.63. The number of non-ortho nitro benzene ring substituents is 1. The number of hydrogen-bond donors (Lipinski definition) is 1. The molecule has 4 heteroatoms. The van der Waals surface area contributed by atoms with E-state index in [-0.39, 0.29) is 16.7 Å². The van der Waals surface area contributed by atoms with Crippen LogP contribution in [0.2, 0.25) is 0 Å². The van der Waals surface area contributed by atoms with Crippen molar-refractivity contribution in [1.82, 2.24) is 5.32 Å². The van der Waals surface area contributed by atoms with E-state index in [1.807, 2.05) is 6.07 Å². The van der Waals surface area contributed by atoms with Crippen LogP contribution in [0.1, 0.15) is 45.7 Å². The standard InChI is InChI=1S/C15H24N2O2/c1-5-15(16-10-12(4)11(2)3)13-7-6-8-14(9-13)17(18)19/h6-9,11-12,15-16H,5,10H2,1-4H3. The Morgan fingerprint density at radius 2 is 2.00 bits per heavy atom. The molecule has 1 aromatic rings. The monoisotopic (exact) mass is 264 g/mol. The molecule has 0 spiro atoms. The molecular weight excluding hydrogens is 240 g/mol. The summed E-state index contributed by atoms with van der Waals surface area (Å²) in [4.78, 5) is 10.5. The molecule has 0 saturated heterocycles. The van der Waals surface area contributed by atoms with Crippen molar-refractivity contribution in [3.05, 3.63) is 39.9 Å². The second kappa shape index (κ2) is 7.24. The smallest absolute Gasteiger partial charge is 0.269 e. The van der Waals surface area contributed by atoms with Gasteiger partial charge in [-0.3, -0.25) is 10.1 Å². The van der Waals surface area contributed by atoms with E-state index in [0.717, 1.165) is 18.5 Å². The Balaban J connectivity index is 2.74. The molecule has 1 rings (SSSR count). The summed E-state index contributed by atoms with van der Waals surface area (Å²) >= 11 is 0. The minimum absolute atomic E-state index is 0.162. The molecular formula is C15H24N2O2. The van der Waals surface area contributed by atoms with Crippen molar-refractivity contribution in [2.75, 3.05) is 6.54 Å². The second-order valence-electron chi connectivity index (χ2n) is 5.44. The van der Waals surface area contributed by atoms with E-state index in [0.29, 0.717) is 11.8 Å². The van der Waals surface area contributed by atoms with Gasteiger partial charge in [0.15, 0.2) is 0 Å². The highest BCUT2D eigenvalue weighted by Crippen LogP contribution is 2.22. The molecule has 2 unspecified atom stereocenters. The summed E-state index contributed by atoms with van der Waals surface area (Å²) in [5.74, 6) is 1.22. The fourth-order valence-electron chi connectivity index (χ4n) is 1.92. The number of hydrogen-bond acceptors (Lipinski definition) is 3. The van der Waals surface area contributed by atoms with Crippen molar-refractivity contribution in [3.63, 3.8) is 0 Å². The first kappa shape index (κ1) is 15.6. The van der Waals surface area contributed by atoms with Crippen molar-refractivity contribution in [3.8, 4) is 0 Å². The van der Waals surface area contributed by atoms with Crippen LogP contribution in [0.5, 0.6) is 0 Å². The third-order valence-corrected chi connectivity index (χ3v) is 3.72. The van der Waals surface area contributed by atoms with Crippen LogP contribution in [0.15, 0.2) is 24.3 Å². The molecule has 0 saturated carbocycles. The molecule has 0 fully saturated rings. The summed E-state index contributed by atoms with van der Waals surface area (Å²) in [5, 5.41) is 14.3. The highest BCUT2D eigenvalue weighted by molar-refractivity contribution is 5.35. The average Bonchev–Trinajstić information content (AvgIpc) is 2.39. The maximum Gasteiger partial charge on any atom is 0.269 e. The number of benzene rings is 1. The fourth-order valence-corrected chi connectivity index (χ4v) is 1.92. The Labute approximate surface area is 115 Å². The quantitative estimate of drug-likeness (QED) is 0.599. The summed E-state index contributed by atoms with van der Waals surface area (Å²) in [7, 11) is 0. The molecule has 0 heterocycles. The van der Waals surface area contributed by atoms with Crippen molar-refractivity contribution < 1.29 is 4.92 Å². The zero-order chi connectivity index (χ0) is 14.4. The van der Waals surface area contributed by atoms with Crippen molar-refractivity contribution >= 4 is 5.69 Å². The van der Waals surface area contributed by atoms with Gasteiger partial charge in [-0.25, -0.2) is 0 Å². The normalized spacial score (nSPS) is 14.4. The Morgan fingerprint density at radius 1 is 1.32 bits per heavy atom. The van der Waals surface area contributed by atoms with E-state index in [1.165, 1.54) is 6.07 Å². The maximum atomic E-state index is 10.8. The number of nitrogens with zero attached hydrogens (tertiary/aromatic N) is 1. The lowest BCUT2D eigenvalue weighted by molar-refractivity contribution is -0.384. The van der Waals surface area contributed by atoms with Gasteiger partial charge in [-0.1, -0.05) is 39.8 Å². The molecule has 0 aliphatic carbocycles. The van der Waals surface area contributed by atoms with E-state index < -0.39 is 0 Å². The Bertz CT molecular complexity index is 418. The first-order valence-corrected chi connectivity index (χ1v) is 6.93. The molecule has 19 heavy (non-hydrogen) atoms. The Morgan fingerprint density at radius 3 is 2.53 bits per heavy atom. The second-order valence-corrected chi connectivity index (χ2v) is 5.44. The van der Waals surface area contributed by atoms with Crippen LogP contribution < -0.4 is 5.32 Å². The van der Waals surface area contributed by atoms with Crippen LogP contribution in [0, 0.1) is 22.0 Å². The van der Waals surface area contributed by atoms with Crippen molar-refractivity contribution in [1.29, 1.82) is 0 Å². The van der Waals surface area contributed by atoms with E-state index in [2.05, 4.69) is 33.0 Å². The summed E-state index contributed by atoms with van der Waals surface area (Å²) in [6.07, 6.45) is 0.923. The van der Waals surface area contributed by atoms with E-state index in [9.17, 15) is 10.1 Å². The lowest BCUT2D eigenvalue weighted by Gasteiger charge is -2.22. The molecule has 1 N–H and O–H groups in total. The van der Waals surface area contributed by atoms with Gasteiger partial charge < -0.3 is 5.32 Å². The van der Waals surface area contributed by atoms with Crippen molar-refractivity contribution in [2.24, 2.45) is 11.8 Å². The van der Waals surface area contributed by atoms with Gasteiger partial charge in [0.05, 0.1) is 4.92 Å². The lowest BCUT2D eigenvalue weighted by Crippen LogP contribution is -2.28.